The lowest BCUT2D eigenvalue weighted by atomic mass is 9.90. The van der Waals surface area contributed by atoms with Gasteiger partial charge in [0.15, 0.2) is 17.5 Å². The van der Waals surface area contributed by atoms with Crippen molar-refractivity contribution >= 4 is 43.1 Å². The molecule has 0 radical (unpaired) electrons. The first-order chi connectivity index (χ1) is 31.7. The molecule has 3 heterocycles. The first kappa shape index (κ1) is 37.1. The minimum Gasteiger partial charge on any atom is -0.264 e. The Balaban J connectivity index is 1.08. The molecule has 3 aromatic heterocycles. The van der Waals surface area contributed by atoms with Crippen LogP contribution in [0.5, 0.6) is 0 Å². The molecule has 5 nitrogen and oxygen atoms in total. The average molecular weight is 816 g/mol. The molecule has 0 atom stereocenters. The molecule has 0 fully saturated rings. The van der Waals surface area contributed by atoms with Crippen LogP contribution in [0.1, 0.15) is 0 Å². The van der Waals surface area contributed by atoms with Gasteiger partial charge >= 0.3 is 0 Å². The number of benzene rings is 9. The van der Waals surface area contributed by atoms with E-state index in [4.69, 9.17) is 15.0 Å². The van der Waals surface area contributed by atoms with Gasteiger partial charge in [0, 0.05) is 41.5 Å². The third kappa shape index (κ3) is 6.91. The van der Waals surface area contributed by atoms with Crippen LogP contribution in [-0.4, -0.2) is 24.9 Å². The summed E-state index contributed by atoms with van der Waals surface area (Å²) in [5.74, 6) is 1.77. The molecule has 5 heteroatoms. The third-order valence-electron chi connectivity index (χ3n) is 12.2. The van der Waals surface area contributed by atoms with Crippen molar-refractivity contribution in [1.82, 2.24) is 24.9 Å². The van der Waals surface area contributed by atoms with Crippen LogP contribution in [0.3, 0.4) is 0 Å². The highest BCUT2D eigenvalue weighted by molar-refractivity contribution is 6.08. The molecule has 0 bridgehead atoms. The van der Waals surface area contributed by atoms with Crippen LogP contribution in [0.2, 0.25) is 0 Å². The molecule has 298 valence electrons. The Morgan fingerprint density at radius 3 is 1.03 bits per heavy atom. The molecule has 12 rings (SSSR count). The van der Waals surface area contributed by atoms with Gasteiger partial charge in [-0.25, -0.2) is 15.0 Å². The zero-order chi connectivity index (χ0) is 42.4. The fourth-order valence-electron chi connectivity index (χ4n) is 8.96. The van der Waals surface area contributed by atoms with Crippen molar-refractivity contribution in [1.29, 1.82) is 0 Å². The summed E-state index contributed by atoms with van der Waals surface area (Å²) in [5.41, 5.74) is 11.4. The number of rotatable bonds is 7. The van der Waals surface area contributed by atoms with Gasteiger partial charge in [-0.05, 0) is 142 Å². The maximum absolute atomic E-state index is 5.30. The molecule has 0 saturated heterocycles. The summed E-state index contributed by atoms with van der Waals surface area (Å²) in [6, 6.07) is 71.2. The van der Waals surface area contributed by atoms with Crippen LogP contribution in [0, 0.1) is 0 Å². The molecule has 0 saturated carbocycles. The lowest BCUT2D eigenvalue weighted by Crippen LogP contribution is -2.01. The lowest BCUT2D eigenvalue weighted by Gasteiger charge is -2.15. The molecular formula is C59H37N5. The minimum absolute atomic E-state index is 0.590. The first-order valence-electron chi connectivity index (χ1n) is 21.4. The minimum atomic E-state index is 0.590. The van der Waals surface area contributed by atoms with E-state index in [2.05, 4.69) is 198 Å². The van der Waals surface area contributed by atoms with Crippen molar-refractivity contribution in [2.75, 3.05) is 0 Å². The molecule has 0 amide bonds. The quantitative estimate of drug-likeness (QED) is 0.150. The number of hydrogen-bond donors (Lipinski definition) is 0. The normalized spacial score (nSPS) is 11.4. The van der Waals surface area contributed by atoms with Crippen LogP contribution in [0.25, 0.3) is 122 Å². The van der Waals surface area contributed by atoms with Crippen LogP contribution in [-0.2, 0) is 0 Å². The fourth-order valence-corrected chi connectivity index (χ4v) is 8.96. The molecule has 0 spiro atoms. The van der Waals surface area contributed by atoms with E-state index in [9.17, 15) is 0 Å². The van der Waals surface area contributed by atoms with Gasteiger partial charge in [0.2, 0.25) is 0 Å². The third-order valence-corrected chi connectivity index (χ3v) is 12.2. The Morgan fingerprint density at radius 1 is 0.234 bits per heavy atom. The second kappa shape index (κ2) is 15.7. The summed E-state index contributed by atoms with van der Waals surface area (Å²) in [6.45, 7) is 0. The topological polar surface area (TPSA) is 64.5 Å². The average Bonchev–Trinajstić information content (AvgIpc) is 3.37. The lowest BCUT2D eigenvalue weighted by molar-refractivity contribution is 1.07. The van der Waals surface area contributed by atoms with Crippen LogP contribution in [0.4, 0.5) is 0 Å². The van der Waals surface area contributed by atoms with E-state index in [1.54, 1.807) is 12.4 Å². The summed E-state index contributed by atoms with van der Waals surface area (Å²) in [7, 11) is 0. The van der Waals surface area contributed by atoms with Gasteiger partial charge in [-0.3, -0.25) is 9.97 Å². The second-order valence-electron chi connectivity index (χ2n) is 16.2. The van der Waals surface area contributed by atoms with E-state index in [1.165, 1.54) is 43.1 Å². The maximum atomic E-state index is 5.30. The highest BCUT2D eigenvalue weighted by Gasteiger charge is 2.18. The predicted octanol–water partition coefficient (Wildman–Crippen LogP) is 14.9. The van der Waals surface area contributed by atoms with Crippen molar-refractivity contribution in [3.8, 4) is 78.7 Å². The highest BCUT2D eigenvalue weighted by atomic mass is 15.0. The largest absolute Gasteiger partial charge is 0.264 e. The van der Waals surface area contributed by atoms with Crippen molar-refractivity contribution < 1.29 is 0 Å². The van der Waals surface area contributed by atoms with E-state index in [0.717, 1.165) is 61.2 Å². The number of aromatic nitrogens is 5. The SMILES string of the molecule is c1cncc(-c2ccc(-c3nc(-c4ccc(-c5cccnc5)cc4)nc(-c4cc(-c5cccc6cc7ccccc7cc56)cc(-c5cccc6cc7ccccc7cc56)c4)n3)cc2)c1. The van der Waals surface area contributed by atoms with E-state index in [0.29, 0.717) is 17.5 Å². The summed E-state index contributed by atoms with van der Waals surface area (Å²) < 4.78 is 0. The Kier molecular flexibility index (Phi) is 9.08. The number of pyridine rings is 2. The standard InChI is InChI=1S/C59H37N5/c1-3-11-44-34-55-46(29-42(44)9-1)13-5-17-53(55)50-31-51(54-18-6-14-47-30-43-10-2-4-12-45(43)35-56(47)54)33-52(32-50)59-63-57(40-23-19-38(20-24-40)48-15-7-27-60-36-48)62-58(64-59)41-25-21-39(22-26-41)49-16-8-28-61-37-49/h1-37H. The number of hydrogen-bond acceptors (Lipinski definition) is 5. The molecule has 0 aliphatic rings. The summed E-state index contributed by atoms with van der Waals surface area (Å²) >= 11 is 0. The van der Waals surface area contributed by atoms with Crippen LogP contribution < -0.4 is 0 Å². The van der Waals surface area contributed by atoms with Gasteiger partial charge in [0.1, 0.15) is 0 Å². The Labute approximate surface area is 370 Å². The maximum Gasteiger partial charge on any atom is 0.164 e. The second-order valence-corrected chi connectivity index (χ2v) is 16.2. The Hall–Kier alpha value is -8.67. The first-order valence-corrected chi connectivity index (χ1v) is 21.4. The van der Waals surface area contributed by atoms with Gasteiger partial charge < -0.3 is 0 Å². The van der Waals surface area contributed by atoms with Gasteiger partial charge in [0.05, 0.1) is 0 Å². The van der Waals surface area contributed by atoms with Crippen molar-refractivity contribution in [2.45, 2.75) is 0 Å². The zero-order valence-corrected chi connectivity index (χ0v) is 34.6. The Bertz CT molecular complexity index is 3460. The summed E-state index contributed by atoms with van der Waals surface area (Å²) in [6.07, 6.45) is 7.34. The molecule has 64 heavy (non-hydrogen) atoms. The summed E-state index contributed by atoms with van der Waals surface area (Å²) in [4.78, 5) is 24.4. The molecule has 0 aliphatic heterocycles. The predicted molar refractivity (Wildman–Crippen MR) is 263 cm³/mol. The van der Waals surface area contributed by atoms with Gasteiger partial charge in [-0.1, -0.05) is 146 Å². The smallest absolute Gasteiger partial charge is 0.164 e. The zero-order valence-electron chi connectivity index (χ0n) is 34.6. The monoisotopic (exact) mass is 815 g/mol. The van der Waals surface area contributed by atoms with Crippen LogP contribution >= 0.6 is 0 Å². The number of fused-ring (bicyclic) bond motifs is 4. The van der Waals surface area contributed by atoms with Crippen molar-refractivity contribution in [3.63, 3.8) is 0 Å². The van der Waals surface area contributed by atoms with Gasteiger partial charge in [-0.15, -0.1) is 0 Å². The molecule has 9 aromatic carbocycles. The molecule has 0 unspecified atom stereocenters. The van der Waals surface area contributed by atoms with Crippen molar-refractivity contribution in [2.24, 2.45) is 0 Å². The molecule has 12 aromatic rings. The molecule has 0 N–H and O–H groups in total. The van der Waals surface area contributed by atoms with E-state index < -0.39 is 0 Å². The Morgan fingerprint density at radius 2 is 0.609 bits per heavy atom. The molecular weight excluding hydrogens is 779 g/mol. The van der Waals surface area contributed by atoms with Gasteiger partial charge in [-0.2, -0.15) is 0 Å². The molecule has 0 aliphatic carbocycles. The van der Waals surface area contributed by atoms with E-state index in [-0.39, 0.29) is 0 Å². The highest BCUT2D eigenvalue weighted by Crippen LogP contribution is 2.40. The number of nitrogens with zero attached hydrogens (tertiary/aromatic N) is 5. The van der Waals surface area contributed by atoms with E-state index in [1.807, 2.05) is 24.5 Å². The van der Waals surface area contributed by atoms with Gasteiger partial charge in [0.25, 0.3) is 0 Å². The summed E-state index contributed by atoms with van der Waals surface area (Å²) in [5, 5.41) is 9.60. The van der Waals surface area contributed by atoms with Crippen molar-refractivity contribution in [3.05, 3.63) is 225 Å². The van der Waals surface area contributed by atoms with Crippen LogP contribution in [0.15, 0.2) is 225 Å². The fraction of sp³-hybridized carbons (Fsp3) is 0. The van der Waals surface area contributed by atoms with E-state index >= 15 is 0 Å².